The summed E-state index contributed by atoms with van der Waals surface area (Å²) in [5.74, 6) is 0.114. The van der Waals surface area contributed by atoms with Gasteiger partial charge in [-0.1, -0.05) is 23.7 Å². The van der Waals surface area contributed by atoms with Gasteiger partial charge in [0.2, 0.25) is 0 Å². The molecule has 4 nitrogen and oxygen atoms in total. The van der Waals surface area contributed by atoms with Crippen molar-refractivity contribution in [2.24, 2.45) is 0 Å². The van der Waals surface area contributed by atoms with Crippen molar-refractivity contribution in [2.45, 2.75) is 0 Å². The molecule has 0 aliphatic heterocycles. The van der Waals surface area contributed by atoms with Crippen molar-refractivity contribution >= 4 is 39.1 Å². The van der Waals surface area contributed by atoms with Crippen molar-refractivity contribution in [1.82, 2.24) is 0 Å². The second-order valence-corrected chi connectivity index (χ2v) is 5.31. The van der Waals surface area contributed by atoms with Crippen molar-refractivity contribution in [1.29, 1.82) is 5.26 Å². The fourth-order valence-electron chi connectivity index (χ4n) is 1.67. The quantitative estimate of drug-likeness (QED) is 0.880. The molecular formula is C15H10BrClN2O2. The number of amides is 1. The van der Waals surface area contributed by atoms with E-state index in [-0.39, 0.29) is 12.5 Å². The largest absolute Gasteiger partial charge is 0.477 e. The average Bonchev–Trinajstić information content (AvgIpc) is 2.48. The Balaban J connectivity index is 2.24. The molecule has 2 aromatic rings. The summed E-state index contributed by atoms with van der Waals surface area (Å²) in [4.78, 5) is 12.3. The van der Waals surface area contributed by atoms with Crippen LogP contribution in [0, 0.1) is 11.3 Å². The van der Waals surface area contributed by atoms with Crippen LogP contribution in [0.3, 0.4) is 0 Å². The van der Waals surface area contributed by atoms with E-state index in [1.54, 1.807) is 42.5 Å². The van der Waals surface area contributed by atoms with E-state index in [1.807, 2.05) is 6.07 Å². The Morgan fingerprint density at radius 3 is 2.86 bits per heavy atom. The number of ether oxygens (including phenoxy) is 1. The first-order chi connectivity index (χ1) is 10.1. The van der Waals surface area contributed by atoms with Gasteiger partial charge < -0.3 is 10.1 Å². The number of halogens is 2. The summed E-state index contributed by atoms with van der Waals surface area (Å²) >= 11 is 9.21. The van der Waals surface area contributed by atoms with Crippen LogP contribution in [-0.2, 0) is 0 Å². The van der Waals surface area contributed by atoms with Gasteiger partial charge in [0.15, 0.2) is 6.61 Å². The Hall–Kier alpha value is -2.03. The number of nitriles is 1. The van der Waals surface area contributed by atoms with Gasteiger partial charge in [-0.15, -0.1) is 0 Å². The Morgan fingerprint density at radius 1 is 1.33 bits per heavy atom. The Kier molecular flexibility index (Phi) is 5.20. The summed E-state index contributed by atoms with van der Waals surface area (Å²) in [6, 6.07) is 13.8. The summed E-state index contributed by atoms with van der Waals surface area (Å²) in [6.07, 6.45) is 0. The number of hydrogen-bond donors (Lipinski definition) is 1. The molecular weight excluding hydrogens is 356 g/mol. The van der Waals surface area contributed by atoms with E-state index in [1.165, 1.54) is 0 Å². The van der Waals surface area contributed by atoms with E-state index in [0.29, 0.717) is 26.5 Å². The number of anilines is 1. The molecule has 6 heteroatoms. The average molecular weight is 366 g/mol. The zero-order valence-electron chi connectivity index (χ0n) is 10.8. The van der Waals surface area contributed by atoms with Crippen LogP contribution in [0.15, 0.2) is 46.9 Å². The van der Waals surface area contributed by atoms with Crippen LogP contribution in [-0.4, -0.2) is 12.5 Å². The van der Waals surface area contributed by atoms with Gasteiger partial charge in [0, 0.05) is 9.50 Å². The van der Waals surface area contributed by atoms with E-state index in [2.05, 4.69) is 21.2 Å². The van der Waals surface area contributed by atoms with Crippen LogP contribution in [0.4, 0.5) is 5.69 Å². The second kappa shape index (κ2) is 7.11. The summed E-state index contributed by atoms with van der Waals surface area (Å²) < 4.78 is 5.90. The van der Waals surface area contributed by atoms with Crippen molar-refractivity contribution in [3.8, 4) is 11.8 Å². The monoisotopic (exact) mass is 364 g/mol. The lowest BCUT2D eigenvalue weighted by Crippen LogP contribution is -2.13. The highest BCUT2D eigenvalue weighted by atomic mass is 79.9. The van der Waals surface area contributed by atoms with Crippen molar-refractivity contribution < 1.29 is 9.53 Å². The molecule has 1 amide bonds. The standard InChI is InChI=1S/C15H10BrClN2O2/c16-12-6-5-10(17)9-11(12)15(20)19-13-3-1-2-4-14(13)21-8-7-18/h1-6,9H,8H2,(H,19,20). The van der Waals surface area contributed by atoms with Crippen LogP contribution in [0.5, 0.6) is 5.75 Å². The Bertz CT molecular complexity index is 713. The molecule has 0 atom stereocenters. The highest BCUT2D eigenvalue weighted by Crippen LogP contribution is 2.26. The van der Waals surface area contributed by atoms with Crippen molar-refractivity contribution in [3.05, 3.63) is 57.5 Å². The summed E-state index contributed by atoms with van der Waals surface area (Å²) in [6.45, 7) is -0.0895. The molecule has 0 aliphatic rings. The molecule has 2 rings (SSSR count). The normalized spacial score (nSPS) is 9.76. The molecule has 21 heavy (non-hydrogen) atoms. The van der Waals surface area contributed by atoms with Crippen LogP contribution in [0.1, 0.15) is 10.4 Å². The van der Waals surface area contributed by atoms with Gasteiger partial charge in [-0.3, -0.25) is 4.79 Å². The SMILES string of the molecule is N#CCOc1ccccc1NC(=O)c1cc(Cl)ccc1Br. The fourth-order valence-corrected chi connectivity index (χ4v) is 2.27. The van der Waals surface area contributed by atoms with E-state index >= 15 is 0 Å². The first-order valence-electron chi connectivity index (χ1n) is 5.97. The third-order valence-electron chi connectivity index (χ3n) is 2.60. The number of nitrogens with zero attached hydrogens (tertiary/aromatic N) is 1. The lowest BCUT2D eigenvalue weighted by molar-refractivity contribution is 0.102. The molecule has 0 unspecified atom stereocenters. The third kappa shape index (κ3) is 3.97. The molecule has 0 saturated carbocycles. The maximum Gasteiger partial charge on any atom is 0.256 e. The number of rotatable bonds is 4. The molecule has 0 radical (unpaired) electrons. The van der Waals surface area contributed by atoms with Crippen LogP contribution >= 0.6 is 27.5 Å². The highest BCUT2D eigenvalue weighted by Gasteiger charge is 2.13. The number of benzene rings is 2. The van der Waals surface area contributed by atoms with E-state index in [9.17, 15) is 4.79 Å². The zero-order valence-corrected chi connectivity index (χ0v) is 13.1. The van der Waals surface area contributed by atoms with Gasteiger partial charge in [-0.2, -0.15) is 5.26 Å². The summed E-state index contributed by atoms with van der Waals surface area (Å²) in [7, 11) is 0. The first kappa shape index (κ1) is 15.4. The fraction of sp³-hybridized carbons (Fsp3) is 0.0667. The number of carbonyl (C=O) groups is 1. The minimum Gasteiger partial charge on any atom is -0.477 e. The summed E-state index contributed by atoms with van der Waals surface area (Å²) in [5.41, 5.74) is 0.905. The minimum absolute atomic E-state index is 0.0895. The lowest BCUT2D eigenvalue weighted by Gasteiger charge is -2.11. The van der Waals surface area contributed by atoms with Gasteiger partial charge in [0.25, 0.3) is 5.91 Å². The molecule has 0 aliphatic carbocycles. The van der Waals surface area contributed by atoms with Gasteiger partial charge in [0.05, 0.1) is 11.3 Å². The van der Waals surface area contributed by atoms with Gasteiger partial charge in [0.1, 0.15) is 11.8 Å². The molecule has 0 saturated heterocycles. The lowest BCUT2D eigenvalue weighted by atomic mass is 10.2. The van der Waals surface area contributed by atoms with Crippen LogP contribution in [0.25, 0.3) is 0 Å². The van der Waals surface area contributed by atoms with E-state index < -0.39 is 0 Å². The number of nitrogens with one attached hydrogen (secondary N) is 1. The predicted molar refractivity (Wildman–Crippen MR) is 84.7 cm³/mol. The molecule has 2 aromatic carbocycles. The van der Waals surface area contributed by atoms with E-state index in [4.69, 9.17) is 21.6 Å². The Labute approximate surface area is 135 Å². The number of hydrogen-bond acceptors (Lipinski definition) is 3. The number of carbonyl (C=O) groups excluding carboxylic acids is 1. The van der Waals surface area contributed by atoms with Gasteiger partial charge in [-0.25, -0.2) is 0 Å². The smallest absolute Gasteiger partial charge is 0.256 e. The molecule has 106 valence electrons. The van der Waals surface area contributed by atoms with Crippen molar-refractivity contribution in [3.63, 3.8) is 0 Å². The highest BCUT2D eigenvalue weighted by molar-refractivity contribution is 9.10. The third-order valence-corrected chi connectivity index (χ3v) is 3.53. The first-order valence-corrected chi connectivity index (χ1v) is 7.14. The molecule has 0 spiro atoms. The van der Waals surface area contributed by atoms with Gasteiger partial charge in [-0.05, 0) is 46.3 Å². The van der Waals surface area contributed by atoms with Crippen LogP contribution in [0.2, 0.25) is 5.02 Å². The van der Waals surface area contributed by atoms with Crippen molar-refractivity contribution in [2.75, 3.05) is 11.9 Å². The second-order valence-electron chi connectivity index (χ2n) is 4.02. The molecule has 0 heterocycles. The minimum atomic E-state index is -0.322. The molecule has 0 fully saturated rings. The Morgan fingerprint density at radius 2 is 2.10 bits per heavy atom. The maximum atomic E-state index is 12.3. The molecule has 0 bridgehead atoms. The zero-order chi connectivity index (χ0) is 15.2. The maximum absolute atomic E-state index is 12.3. The summed E-state index contributed by atoms with van der Waals surface area (Å²) in [5, 5.41) is 11.8. The topological polar surface area (TPSA) is 62.1 Å². The van der Waals surface area contributed by atoms with Crippen LogP contribution < -0.4 is 10.1 Å². The number of para-hydroxylation sites is 2. The molecule has 1 N–H and O–H groups in total. The predicted octanol–water partition coefficient (Wildman–Crippen LogP) is 4.26. The molecule has 0 aromatic heterocycles. The van der Waals surface area contributed by atoms with E-state index in [0.717, 1.165) is 0 Å². The van der Waals surface area contributed by atoms with Gasteiger partial charge >= 0.3 is 0 Å².